The molecule has 1 aliphatic carbocycles. The normalized spacial score (nSPS) is 16.2. The fraction of sp³-hybridized carbons (Fsp3) is 0. The van der Waals surface area contributed by atoms with E-state index < -0.39 is 0 Å². The number of rotatable bonds is 3. The molecule has 0 saturated heterocycles. The Morgan fingerprint density at radius 3 is 1.79 bits per heavy atom. The van der Waals surface area contributed by atoms with E-state index in [2.05, 4.69) is 67.1 Å². The molecule has 0 N–H and O–H groups in total. The number of ether oxygens (including phenoxy) is 1. The summed E-state index contributed by atoms with van der Waals surface area (Å²) in [6, 6.07) is 20.4. The van der Waals surface area contributed by atoms with E-state index in [9.17, 15) is 0 Å². The standard InChI is InChI=1S/C23H17O/c1-3-11-20(12-4-1)22-16-19(15-18-9-7-8-10-18)17-23(24-22)21-13-5-2-6-14-21/h1-17H. The molecule has 0 unspecified atom stereocenters. The molecule has 1 heterocycles. The zero-order valence-electron chi connectivity index (χ0n) is 13.2. The Hall–Kier alpha value is -3.06. The maximum Gasteiger partial charge on any atom is 0.135 e. The molecule has 24 heavy (non-hydrogen) atoms. The van der Waals surface area contributed by atoms with Crippen molar-refractivity contribution in [3.05, 3.63) is 126 Å². The summed E-state index contributed by atoms with van der Waals surface area (Å²) in [6.07, 6.45) is 14.7. The number of benzene rings is 2. The van der Waals surface area contributed by atoms with Gasteiger partial charge >= 0.3 is 0 Å². The third kappa shape index (κ3) is 3.16. The molecule has 1 radical (unpaired) electrons. The van der Waals surface area contributed by atoms with Crippen molar-refractivity contribution < 1.29 is 4.74 Å². The Labute approximate surface area is 142 Å². The van der Waals surface area contributed by atoms with Gasteiger partial charge in [-0.25, -0.2) is 0 Å². The maximum absolute atomic E-state index is 6.19. The van der Waals surface area contributed by atoms with Crippen molar-refractivity contribution in [3.63, 3.8) is 0 Å². The smallest absolute Gasteiger partial charge is 0.135 e. The third-order valence-electron chi connectivity index (χ3n) is 3.95. The highest BCUT2D eigenvalue weighted by atomic mass is 16.5. The second kappa shape index (κ2) is 6.59. The van der Waals surface area contributed by atoms with Crippen LogP contribution in [0.25, 0.3) is 11.5 Å². The van der Waals surface area contributed by atoms with Crippen LogP contribution in [0.2, 0.25) is 0 Å². The Kier molecular flexibility index (Phi) is 3.99. The first-order valence-corrected chi connectivity index (χ1v) is 8.04. The Bertz CT molecular complexity index is 821. The van der Waals surface area contributed by atoms with E-state index in [1.54, 1.807) is 0 Å². The van der Waals surface area contributed by atoms with Crippen LogP contribution in [0.5, 0.6) is 0 Å². The highest BCUT2D eigenvalue weighted by Crippen LogP contribution is 2.32. The monoisotopic (exact) mass is 309 g/mol. The lowest BCUT2D eigenvalue weighted by molar-refractivity contribution is 0.467. The number of allylic oxidation sites excluding steroid dienone is 8. The van der Waals surface area contributed by atoms with Crippen molar-refractivity contribution in [3.8, 4) is 0 Å². The maximum atomic E-state index is 6.19. The fourth-order valence-electron chi connectivity index (χ4n) is 2.77. The van der Waals surface area contributed by atoms with E-state index in [-0.39, 0.29) is 0 Å². The first kappa shape index (κ1) is 14.5. The molecule has 0 spiro atoms. The van der Waals surface area contributed by atoms with Crippen molar-refractivity contribution in [2.75, 3.05) is 0 Å². The molecule has 0 atom stereocenters. The van der Waals surface area contributed by atoms with Crippen molar-refractivity contribution in [1.29, 1.82) is 0 Å². The van der Waals surface area contributed by atoms with Gasteiger partial charge in [-0.1, -0.05) is 78.9 Å². The minimum absolute atomic E-state index is 0.870. The van der Waals surface area contributed by atoms with E-state index in [0.717, 1.165) is 28.2 Å². The van der Waals surface area contributed by atoms with Crippen molar-refractivity contribution in [2.45, 2.75) is 0 Å². The number of hydrogen-bond donors (Lipinski definition) is 0. The van der Waals surface area contributed by atoms with Gasteiger partial charge in [0.05, 0.1) is 0 Å². The van der Waals surface area contributed by atoms with Crippen LogP contribution < -0.4 is 0 Å². The summed E-state index contributed by atoms with van der Waals surface area (Å²) in [7, 11) is 0. The molecule has 2 aromatic rings. The molecule has 2 aliphatic rings. The van der Waals surface area contributed by atoms with E-state index in [1.807, 2.05) is 36.4 Å². The SMILES string of the molecule is [CH]1C=CC(C=C2C=C(c3ccccc3)OC(c3ccccc3)=C2)=C1. The summed E-state index contributed by atoms with van der Waals surface area (Å²) in [5.74, 6) is 1.74. The minimum Gasteiger partial charge on any atom is -0.456 e. The van der Waals surface area contributed by atoms with E-state index in [4.69, 9.17) is 4.74 Å². The summed E-state index contributed by atoms with van der Waals surface area (Å²) in [5.41, 5.74) is 4.48. The van der Waals surface area contributed by atoms with Gasteiger partial charge in [0.2, 0.25) is 0 Å². The van der Waals surface area contributed by atoms with E-state index in [1.165, 1.54) is 5.57 Å². The van der Waals surface area contributed by atoms with Gasteiger partial charge in [-0.2, -0.15) is 0 Å². The van der Waals surface area contributed by atoms with Crippen LogP contribution >= 0.6 is 0 Å². The highest BCUT2D eigenvalue weighted by Gasteiger charge is 2.15. The van der Waals surface area contributed by atoms with Crippen LogP contribution in [0, 0.1) is 6.42 Å². The first-order valence-electron chi connectivity index (χ1n) is 8.04. The molecule has 1 aliphatic heterocycles. The van der Waals surface area contributed by atoms with Crippen molar-refractivity contribution in [1.82, 2.24) is 0 Å². The molecule has 0 fully saturated rings. The van der Waals surface area contributed by atoms with Crippen LogP contribution in [0.1, 0.15) is 11.1 Å². The lowest BCUT2D eigenvalue weighted by atomic mass is 10.0. The van der Waals surface area contributed by atoms with Crippen LogP contribution in [0.4, 0.5) is 0 Å². The predicted octanol–water partition coefficient (Wildman–Crippen LogP) is 5.73. The lowest BCUT2D eigenvalue weighted by Gasteiger charge is -2.19. The summed E-state index contributed by atoms with van der Waals surface area (Å²) < 4.78 is 6.19. The molecule has 2 aromatic carbocycles. The van der Waals surface area contributed by atoms with Gasteiger partial charge in [0.25, 0.3) is 0 Å². The molecule has 0 bridgehead atoms. The van der Waals surface area contributed by atoms with E-state index >= 15 is 0 Å². The molecule has 4 rings (SSSR count). The largest absolute Gasteiger partial charge is 0.456 e. The average Bonchev–Trinajstić information content (AvgIpc) is 3.16. The summed E-state index contributed by atoms with van der Waals surface area (Å²) in [6.45, 7) is 0. The molecular weight excluding hydrogens is 292 g/mol. The highest BCUT2D eigenvalue weighted by molar-refractivity contribution is 5.78. The zero-order chi connectivity index (χ0) is 16.2. The van der Waals surface area contributed by atoms with Crippen LogP contribution in [-0.2, 0) is 4.74 Å². The predicted molar refractivity (Wildman–Crippen MR) is 99.5 cm³/mol. The first-order chi connectivity index (χ1) is 11.9. The molecule has 115 valence electrons. The van der Waals surface area contributed by atoms with Crippen molar-refractivity contribution in [2.24, 2.45) is 0 Å². The molecule has 1 heteroatoms. The van der Waals surface area contributed by atoms with Crippen LogP contribution in [0.3, 0.4) is 0 Å². The van der Waals surface area contributed by atoms with Gasteiger partial charge in [0, 0.05) is 17.5 Å². The zero-order valence-corrected chi connectivity index (χ0v) is 13.2. The van der Waals surface area contributed by atoms with Crippen LogP contribution in [-0.4, -0.2) is 0 Å². The fourth-order valence-corrected chi connectivity index (χ4v) is 2.77. The summed E-state index contributed by atoms with van der Waals surface area (Å²) >= 11 is 0. The van der Waals surface area contributed by atoms with Gasteiger partial charge in [-0.3, -0.25) is 0 Å². The van der Waals surface area contributed by atoms with Gasteiger partial charge in [0.15, 0.2) is 0 Å². The Morgan fingerprint density at radius 2 is 1.29 bits per heavy atom. The summed E-state index contributed by atoms with van der Waals surface area (Å²) in [5, 5.41) is 0. The topological polar surface area (TPSA) is 9.23 Å². The molecule has 0 amide bonds. The molecule has 0 saturated carbocycles. The molecule has 1 nitrogen and oxygen atoms in total. The Morgan fingerprint density at radius 1 is 0.708 bits per heavy atom. The minimum atomic E-state index is 0.870. The second-order valence-corrected chi connectivity index (χ2v) is 5.71. The van der Waals surface area contributed by atoms with E-state index in [0.29, 0.717) is 0 Å². The van der Waals surface area contributed by atoms with Gasteiger partial charge in [0.1, 0.15) is 11.5 Å². The lowest BCUT2D eigenvalue weighted by Crippen LogP contribution is -1.99. The van der Waals surface area contributed by atoms with Crippen LogP contribution in [0.15, 0.2) is 108 Å². The van der Waals surface area contributed by atoms with Crippen molar-refractivity contribution >= 4 is 11.5 Å². The van der Waals surface area contributed by atoms with Gasteiger partial charge in [-0.15, -0.1) is 0 Å². The second-order valence-electron chi connectivity index (χ2n) is 5.71. The Balaban J connectivity index is 1.76. The number of hydrogen-bond acceptors (Lipinski definition) is 1. The summed E-state index contributed by atoms with van der Waals surface area (Å²) in [4.78, 5) is 0. The van der Waals surface area contributed by atoms with Gasteiger partial charge in [-0.05, 0) is 29.4 Å². The molecule has 0 aromatic heterocycles. The van der Waals surface area contributed by atoms with Gasteiger partial charge < -0.3 is 4.74 Å². The molecular formula is C23H17O. The third-order valence-corrected chi connectivity index (χ3v) is 3.95. The quantitative estimate of drug-likeness (QED) is 0.704. The average molecular weight is 309 g/mol.